The van der Waals surface area contributed by atoms with Crippen LogP contribution in [0.2, 0.25) is 0 Å². The van der Waals surface area contributed by atoms with Crippen LogP contribution in [0.25, 0.3) is 0 Å². The summed E-state index contributed by atoms with van der Waals surface area (Å²) < 4.78 is 69.5. The lowest BCUT2D eigenvalue weighted by molar-refractivity contribution is -0.118. The zero-order valence-electron chi connectivity index (χ0n) is 10.8. The van der Waals surface area contributed by atoms with Crippen molar-refractivity contribution >= 4 is 11.6 Å². The van der Waals surface area contributed by atoms with E-state index in [0.29, 0.717) is 6.07 Å². The van der Waals surface area contributed by atoms with Crippen LogP contribution in [0.1, 0.15) is 0 Å². The van der Waals surface area contributed by atoms with Crippen molar-refractivity contribution < 1.29 is 31.5 Å². The maximum absolute atomic E-state index is 13.3. The molecule has 0 aliphatic rings. The van der Waals surface area contributed by atoms with Gasteiger partial charge in [0.2, 0.25) is 0 Å². The molecule has 0 atom stereocenters. The Morgan fingerprint density at radius 2 is 1.59 bits per heavy atom. The first kappa shape index (κ1) is 15.7. The molecule has 2 aromatic carbocycles. The smallest absolute Gasteiger partial charge is 0.262 e. The first-order valence-corrected chi connectivity index (χ1v) is 5.89. The second-order valence-corrected chi connectivity index (χ2v) is 4.14. The van der Waals surface area contributed by atoms with Crippen molar-refractivity contribution in [3.8, 4) is 5.75 Å². The van der Waals surface area contributed by atoms with Crippen LogP contribution in [0.3, 0.4) is 0 Å². The summed E-state index contributed by atoms with van der Waals surface area (Å²) >= 11 is 0. The molecule has 0 fully saturated rings. The maximum Gasteiger partial charge on any atom is 0.262 e. The fourth-order valence-electron chi connectivity index (χ4n) is 1.52. The highest BCUT2D eigenvalue weighted by Gasteiger charge is 2.15. The van der Waals surface area contributed by atoms with Crippen LogP contribution in [0.15, 0.2) is 30.3 Å². The van der Waals surface area contributed by atoms with E-state index in [1.54, 1.807) is 0 Å². The molecule has 3 nitrogen and oxygen atoms in total. The van der Waals surface area contributed by atoms with Gasteiger partial charge in [-0.1, -0.05) is 0 Å². The number of halogens is 5. The minimum Gasteiger partial charge on any atom is -0.484 e. The van der Waals surface area contributed by atoms with Gasteiger partial charge in [-0.15, -0.1) is 0 Å². The van der Waals surface area contributed by atoms with Gasteiger partial charge in [0.25, 0.3) is 5.91 Å². The van der Waals surface area contributed by atoms with Gasteiger partial charge in [-0.05, 0) is 24.3 Å². The van der Waals surface area contributed by atoms with Gasteiger partial charge < -0.3 is 10.1 Å². The monoisotopic (exact) mass is 317 g/mol. The van der Waals surface area contributed by atoms with Crippen molar-refractivity contribution in [2.75, 3.05) is 11.9 Å². The van der Waals surface area contributed by atoms with Gasteiger partial charge in [0.1, 0.15) is 5.75 Å². The van der Waals surface area contributed by atoms with Crippen LogP contribution in [0.4, 0.5) is 27.6 Å². The molecular formula is C14H8F5NO2. The number of carbonyl (C=O) groups excluding carboxylic acids is 1. The molecule has 116 valence electrons. The Bertz CT molecular complexity index is 721. The summed E-state index contributed by atoms with van der Waals surface area (Å²) in [5, 5.41) is 1.96. The number of carbonyl (C=O) groups is 1. The molecule has 0 unspecified atom stereocenters. The van der Waals surface area contributed by atoms with E-state index in [9.17, 15) is 26.7 Å². The molecule has 0 aliphatic heterocycles. The van der Waals surface area contributed by atoms with Gasteiger partial charge in [-0.25, -0.2) is 22.0 Å². The third-order valence-corrected chi connectivity index (χ3v) is 2.57. The molecule has 0 aliphatic carbocycles. The Hall–Kier alpha value is -2.64. The van der Waals surface area contributed by atoms with E-state index in [-0.39, 0.29) is 5.75 Å². The highest BCUT2D eigenvalue weighted by Crippen LogP contribution is 2.20. The molecule has 2 aromatic rings. The Balaban J connectivity index is 1.99. The number of benzene rings is 2. The molecule has 0 aromatic heterocycles. The second-order valence-electron chi connectivity index (χ2n) is 4.14. The molecule has 0 radical (unpaired) electrons. The molecule has 8 heteroatoms. The number of amides is 1. The fraction of sp³-hybridized carbons (Fsp3) is 0.0714. The van der Waals surface area contributed by atoms with E-state index in [1.807, 2.05) is 5.32 Å². The Morgan fingerprint density at radius 3 is 2.27 bits per heavy atom. The molecule has 0 spiro atoms. The van der Waals surface area contributed by atoms with Gasteiger partial charge in [0.05, 0.1) is 5.69 Å². The quantitative estimate of drug-likeness (QED) is 0.693. The van der Waals surface area contributed by atoms with Crippen LogP contribution >= 0.6 is 0 Å². The summed E-state index contributed by atoms with van der Waals surface area (Å²) in [6, 6.07) is 4.09. The van der Waals surface area contributed by atoms with Crippen molar-refractivity contribution in [1.82, 2.24) is 0 Å². The van der Waals surface area contributed by atoms with Crippen LogP contribution in [0.5, 0.6) is 5.75 Å². The number of hydrogen-bond acceptors (Lipinski definition) is 2. The van der Waals surface area contributed by atoms with E-state index in [0.717, 1.165) is 24.3 Å². The number of ether oxygens (including phenoxy) is 1. The van der Waals surface area contributed by atoms with E-state index in [4.69, 9.17) is 4.74 Å². The minimum absolute atomic E-state index is 0.125. The summed E-state index contributed by atoms with van der Waals surface area (Å²) in [5.74, 6) is -7.94. The predicted molar refractivity (Wildman–Crippen MR) is 66.8 cm³/mol. The average Bonchev–Trinajstić information content (AvgIpc) is 2.49. The first-order valence-electron chi connectivity index (χ1n) is 5.89. The molecule has 0 saturated heterocycles. The Morgan fingerprint density at radius 1 is 0.909 bits per heavy atom. The SMILES string of the molecule is O=C(COc1ccc(F)c(F)c1)Nc1ccc(F)c(F)c1F. The van der Waals surface area contributed by atoms with Crippen molar-refractivity contribution in [3.63, 3.8) is 0 Å². The van der Waals surface area contributed by atoms with Gasteiger partial charge in [-0.2, -0.15) is 0 Å². The van der Waals surface area contributed by atoms with E-state index < -0.39 is 47.3 Å². The summed E-state index contributed by atoms with van der Waals surface area (Å²) in [5.41, 5.74) is -0.571. The van der Waals surface area contributed by atoms with Gasteiger partial charge in [0, 0.05) is 6.07 Å². The van der Waals surface area contributed by atoms with Gasteiger partial charge in [0.15, 0.2) is 35.7 Å². The van der Waals surface area contributed by atoms with E-state index >= 15 is 0 Å². The zero-order valence-corrected chi connectivity index (χ0v) is 10.8. The molecule has 22 heavy (non-hydrogen) atoms. The van der Waals surface area contributed by atoms with Crippen LogP contribution in [-0.2, 0) is 4.79 Å². The first-order chi connectivity index (χ1) is 10.4. The lowest BCUT2D eigenvalue weighted by atomic mass is 10.3. The Labute approximate surface area is 121 Å². The normalized spacial score (nSPS) is 10.4. The lowest BCUT2D eigenvalue weighted by Gasteiger charge is -2.09. The summed E-state index contributed by atoms with van der Waals surface area (Å²) in [7, 11) is 0. The van der Waals surface area contributed by atoms with Crippen LogP contribution in [0, 0.1) is 29.1 Å². The zero-order chi connectivity index (χ0) is 16.3. The van der Waals surface area contributed by atoms with Crippen molar-refractivity contribution in [2.45, 2.75) is 0 Å². The van der Waals surface area contributed by atoms with Crippen molar-refractivity contribution in [3.05, 3.63) is 59.4 Å². The molecule has 1 amide bonds. The summed E-state index contributed by atoms with van der Waals surface area (Å²) in [6.07, 6.45) is 0. The van der Waals surface area contributed by atoms with E-state index in [2.05, 4.69) is 0 Å². The average molecular weight is 317 g/mol. The van der Waals surface area contributed by atoms with Crippen LogP contribution in [-0.4, -0.2) is 12.5 Å². The topological polar surface area (TPSA) is 38.3 Å². The summed E-state index contributed by atoms with van der Waals surface area (Å²) in [4.78, 5) is 11.5. The highest BCUT2D eigenvalue weighted by molar-refractivity contribution is 5.92. The number of nitrogens with one attached hydrogen (secondary N) is 1. The summed E-state index contributed by atoms with van der Waals surface area (Å²) in [6.45, 7) is -0.663. The molecule has 0 heterocycles. The number of anilines is 1. The van der Waals surface area contributed by atoms with Crippen molar-refractivity contribution in [2.24, 2.45) is 0 Å². The fourth-order valence-corrected chi connectivity index (χ4v) is 1.52. The molecular weight excluding hydrogens is 309 g/mol. The molecule has 1 N–H and O–H groups in total. The Kier molecular flexibility index (Phi) is 4.59. The third kappa shape index (κ3) is 3.51. The molecule has 0 bridgehead atoms. The van der Waals surface area contributed by atoms with Crippen LogP contribution < -0.4 is 10.1 Å². The standard InChI is InChI=1S/C14H8F5NO2/c15-8-2-1-7(5-10(8)17)22-6-12(21)20-11-4-3-9(16)13(18)14(11)19/h1-5H,6H2,(H,20,21). The third-order valence-electron chi connectivity index (χ3n) is 2.57. The second kappa shape index (κ2) is 6.42. The molecule has 2 rings (SSSR count). The lowest BCUT2D eigenvalue weighted by Crippen LogP contribution is -2.21. The molecule has 0 saturated carbocycles. The van der Waals surface area contributed by atoms with Crippen molar-refractivity contribution in [1.29, 1.82) is 0 Å². The minimum atomic E-state index is -1.72. The maximum atomic E-state index is 13.3. The highest BCUT2D eigenvalue weighted by atomic mass is 19.2. The van der Waals surface area contributed by atoms with E-state index in [1.165, 1.54) is 0 Å². The largest absolute Gasteiger partial charge is 0.484 e. The van der Waals surface area contributed by atoms with Gasteiger partial charge >= 0.3 is 0 Å². The van der Waals surface area contributed by atoms with Gasteiger partial charge in [-0.3, -0.25) is 4.79 Å². The predicted octanol–water partition coefficient (Wildman–Crippen LogP) is 3.40. The number of hydrogen-bond donors (Lipinski definition) is 1. The number of rotatable bonds is 4.